The molecule has 0 saturated heterocycles. The Balaban J connectivity index is 1.92. The number of benzene rings is 2. The van der Waals surface area contributed by atoms with Crippen LogP contribution in [0.15, 0.2) is 42.5 Å². The van der Waals surface area contributed by atoms with Gasteiger partial charge in [0, 0.05) is 30.9 Å². The number of fused-ring (bicyclic) bond motifs is 1. The highest BCUT2D eigenvalue weighted by molar-refractivity contribution is 5.90. The largest absolute Gasteiger partial charge is 0.398 e. The molecule has 3 N–H and O–H groups in total. The van der Waals surface area contributed by atoms with Crippen molar-refractivity contribution in [2.45, 2.75) is 0 Å². The molecule has 0 saturated carbocycles. The van der Waals surface area contributed by atoms with Crippen molar-refractivity contribution in [2.75, 3.05) is 24.7 Å². The van der Waals surface area contributed by atoms with Crippen LogP contribution in [-0.4, -0.2) is 24.3 Å². The van der Waals surface area contributed by atoms with Crippen LogP contribution >= 0.6 is 0 Å². The molecular formula is C17H18N4. The highest BCUT2D eigenvalue weighted by Gasteiger charge is 2.03. The Hall–Kier alpha value is -2.75. The zero-order valence-corrected chi connectivity index (χ0v) is 12.2. The van der Waals surface area contributed by atoms with E-state index >= 15 is 0 Å². The van der Waals surface area contributed by atoms with E-state index in [9.17, 15) is 0 Å². The standard InChI is InChI=1S/C17H18N4/c1-21(2)13-9-7-12(15(18)11-13)8-10-17-14-5-3-4-6-16(14)19-20-17/h3-11H,18H2,1-2H3,(H,19,20). The number of nitrogens with zero attached hydrogens (tertiary/aromatic N) is 2. The maximum atomic E-state index is 6.11. The van der Waals surface area contributed by atoms with Crippen molar-refractivity contribution < 1.29 is 0 Å². The minimum Gasteiger partial charge on any atom is -0.398 e. The zero-order chi connectivity index (χ0) is 14.8. The van der Waals surface area contributed by atoms with Crippen molar-refractivity contribution in [3.05, 3.63) is 53.7 Å². The molecule has 3 aromatic rings. The first-order valence-corrected chi connectivity index (χ1v) is 6.83. The lowest BCUT2D eigenvalue weighted by atomic mass is 10.1. The molecule has 0 unspecified atom stereocenters. The fourth-order valence-electron chi connectivity index (χ4n) is 2.27. The van der Waals surface area contributed by atoms with Gasteiger partial charge in [0.05, 0.1) is 11.2 Å². The van der Waals surface area contributed by atoms with Crippen LogP contribution in [0.5, 0.6) is 0 Å². The molecular weight excluding hydrogens is 260 g/mol. The summed E-state index contributed by atoms with van der Waals surface area (Å²) >= 11 is 0. The van der Waals surface area contributed by atoms with Crippen LogP contribution in [-0.2, 0) is 0 Å². The number of aromatic nitrogens is 2. The summed E-state index contributed by atoms with van der Waals surface area (Å²) in [6.45, 7) is 0. The quantitative estimate of drug-likeness (QED) is 0.722. The molecule has 0 fully saturated rings. The number of rotatable bonds is 3. The summed E-state index contributed by atoms with van der Waals surface area (Å²) in [5, 5.41) is 8.46. The topological polar surface area (TPSA) is 57.9 Å². The predicted octanol–water partition coefficient (Wildman–Crippen LogP) is 3.38. The molecule has 0 aliphatic heterocycles. The molecule has 106 valence electrons. The maximum absolute atomic E-state index is 6.11. The molecule has 3 rings (SSSR count). The summed E-state index contributed by atoms with van der Waals surface area (Å²) in [4.78, 5) is 2.03. The van der Waals surface area contributed by atoms with Gasteiger partial charge >= 0.3 is 0 Å². The number of nitrogen functional groups attached to an aromatic ring is 1. The van der Waals surface area contributed by atoms with Gasteiger partial charge in [-0.1, -0.05) is 30.3 Å². The summed E-state index contributed by atoms with van der Waals surface area (Å²) < 4.78 is 0. The second-order valence-electron chi connectivity index (χ2n) is 5.20. The third kappa shape index (κ3) is 2.60. The van der Waals surface area contributed by atoms with Crippen molar-refractivity contribution in [1.29, 1.82) is 0 Å². The number of hydrogen-bond donors (Lipinski definition) is 2. The number of nitrogens with two attached hydrogens (primary N) is 1. The zero-order valence-electron chi connectivity index (χ0n) is 12.2. The van der Waals surface area contributed by atoms with Crippen LogP contribution in [0.1, 0.15) is 11.3 Å². The average molecular weight is 278 g/mol. The van der Waals surface area contributed by atoms with Crippen LogP contribution in [0.2, 0.25) is 0 Å². The molecule has 2 aromatic carbocycles. The maximum Gasteiger partial charge on any atom is 0.0927 e. The molecule has 0 aliphatic carbocycles. The van der Waals surface area contributed by atoms with Gasteiger partial charge in [0.1, 0.15) is 0 Å². The number of hydrogen-bond acceptors (Lipinski definition) is 3. The lowest BCUT2D eigenvalue weighted by Gasteiger charge is -2.13. The normalized spacial score (nSPS) is 11.3. The monoisotopic (exact) mass is 278 g/mol. The molecule has 4 heteroatoms. The summed E-state index contributed by atoms with van der Waals surface area (Å²) in [5.41, 5.74) is 10.9. The molecule has 4 nitrogen and oxygen atoms in total. The van der Waals surface area contributed by atoms with Gasteiger partial charge in [-0.3, -0.25) is 5.10 Å². The molecule has 0 bridgehead atoms. The molecule has 0 radical (unpaired) electrons. The molecule has 1 aromatic heterocycles. The van der Waals surface area contributed by atoms with Crippen molar-refractivity contribution in [3.8, 4) is 0 Å². The Labute approximate surface area is 123 Å². The number of anilines is 2. The first kappa shape index (κ1) is 13.2. The molecule has 0 amide bonds. The van der Waals surface area contributed by atoms with E-state index in [0.29, 0.717) is 0 Å². The van der Waals surface area contributed by atoms with E-state index in [-0.39, 0.29) is 0 Å². The third-order valence-electron chi connectivity index (χ3n) is 3.51. The van der Waals surface area contributed by atoms with Gasteiger partial charge in [0.25, 0.3) is 0 Å². The van der Waals surface area contributed by atoms with Gasteiger partial charge < -0.3 is 10.6 Å². The van der Waals surface area contributed by atoms with Crippen molar-refractivity contribution >= 4 is 34.4 Å². The van der Waals surface area contributed by atoms with Crippen LogP contribution in [0.3, 0.4) is 0 Å². The van der Waals surface area contributed by atoms with E-state index in [4.69, 9.17) is 5.73 Å². The lowest BCUT2D eigenvalue weighted by molar-refractivity contribution is 1.11. The van der Waals surface area contributed by atoms with Crippen LogP contribution in [0.25, 0.3) is 23.1 Å². The van der Waals surface area contributed by atoms with Crippen molar-refractivity contribution in [1.82, 2.24) is 10.2 Å². The minimum atomic E-state index is 0.761. The van der Waals surface area contributed by atoms with Gasteiger partial charge in [-0.15, -0.1) is 0 Å². The predicted molar refractivity (Wildman–Crippen MR) is 90.2 cm³/mol. The van der Waals surface area contributed by atoms with E-state index in [1.165, 1.54) is 0 Å². The summed E-state index contributed by atoms with van der Waals surface area (Å²) in [7, 11) is 4.00. The molecule has 1 heterocycles. The van der Waals surface area contributed by atoms with Crippen molar-refractivity contribution in [2.24, 2.45) is 0 Å². The molecule has 0 atom stereocenters. The number of aromatic amines is 1. The summed E-state index contributed by atoms with van der Waals surface area (Å²) in [5.74, 6) is 0. The number of nitrogens with one attached hydrogen (secondary N) is 1. The Bertz CT molecular complexity index is 799. The van der Waals surface area contributed by atoms with Gasteiger partial charge in [-0.05, 0) is 29.8 Å². The average Bonchev–Trinajstić information content (AvgIpc) is 2.89. The smallest absolute Gasteiger partial charge is 0.0927 e. The highest BCUT2D eigenvalue weighted by Crippen LogP contribution is 2.23. The van der Waals surface area contributed by atoms with E-state index in [2.05, 4.69) is 22.3 Å². The Morgan fingerprint density at radius 1 is 1.10 bits per heavy atom. The highest BCUT2D eigenvalue weighted by atomic mass is 15.1. The fourth-order valence-corrected chi connectivity index (χ4v) is 2.27. The SMILES string of the molecule is CN(C)c1ccc(C=Cc2n[nH]c3ccccc23)c(N)c1. The second-order valence-corrected chi connectivity index (χ2v) is 5.20. The van der Waals surface area contributed by atoms with E-state index < -0.39 is 0 Å². The second kappa shape index (κ2) is 5.32. The summed E-state index contributed by atoms with van der Waals surface area (Å²) in [6.07, 6.45) is 3.98. The number of H-pyrrole nitrogens is 1. The van der Waals surface area contributed by atoms with Crippen LogP contribution in [0, 0.1) is 0 Å². The molecule has 21 heavy (non-hydrogen) atoms. The van der Waals surface area contributed by atoms with E-state index in [1.54, 1.807) is 0 Å². The summed E-state index contributed by atoms with van der Waals surface area (Å²) in [6, 6.07) is 14.1. The molecule has 0 spiro atoms. The minimum absolute atomic E-state index is 0.761. The Kier molecular flexibility index (Phi) is 3.36. The van der Waals surface area contributed by atoms with Crippen LogP contribution in [0.4, 0.5) is 11.4 Å². The first-order valence-electron chi connectivity index (χ1n) is 6.83. The van der Waals surface area contributed by atoms with Crippen molar-refractivity contribution in [3.63, 3.8) is 0 Å². The van der Waals surface area contributed by atoms with Crippen LogP contribution < -0.4 is 10.6 Å². The fraction of sp³-hybridized carbons (Fsp3) is 0.118. The van der Waals surface area contributed by atoms with Gasteiger partial charge in [0.2, 0.25) is 0 Å². The first-order chi connectivity index (χ1) is 10.1. The number of para-hydroxylation sites is 1. The van der Waals surface area contributed by atoms with E-state index in [1.807, 2.05) is 61.5 Å². The van der Waals surface area contributed by atoms with Gasteiger partial charge in [0.15, 0.2) is 0 Å². The Morgan fingerprint density at radius 3 is 2.67 bits per heavy atom. The third-order valence-corrected chi connectivity index (χ3v) is 3.51. The van der Waals surface area contributed by atoms with Gasteiger partial charge in [-0.25, -0.2) is 0 Å². The van der Waals surface area contributed by atoms with E-state index in [0.717, 1.165) is 33.5 Å². The van der Waals surface area contributed by atoms with Gasteiger partial charge in [-0.2, -0.15) is 5.10 Å². The molecule has 0 aliphatic rings. The Morgan fingerprint density at radius 2 is 1.90 bits per heavy atom. The lowest BCUT2D eigenvalue weighted by Crippen LogP contribution is -2.08.